The molecule has 0 fully saturated rings. The summed E-state index contributed by atoms with van der Waals surface area (Å²) in [7, 11) is -2.71. The van der Waals surface area contributed by atoms with E-state index in [2.05, 4.69) is 200 Å². The van der Waals surface area contributed by atoms with Gasteiger partial charge >= 0.3 is 8.60 Å². The molecule has 0 aliphatic rings. The van der Waals surface area contributed by atoms with E-state index in [9.17, 15) is 9.79 Å². The standard InChI is InChI=1S/C54H75O3P/c1-48(2,3)34-24-32-26-41(51(10,11)12)38(30-36(32)43(28-34)53(16,17)18)46-40(50(7,8)9)22-23-45(57-58(55)56)47(46)39-31-37-33(27-42(39)52(13,14)15)25-35(49(4,5)6)29-44(37)54(19,20)21/h22-31,55-56H,1-21H3. The van der Waals surface area contributed by atoms with Gasteiger partial charge in [-0.1, -0.05) is 176 Å². The van der Waals surface area contributed by atoms with Crippen LogP contribution in [0.25, 0.3) is 43.8 Å². The van der Waals surface area contributed by atoms with Gasteiger partial charge in [0.2, 0.25) is 0 Å². The van der Waals surface area contributed by atoms with Gasteiger partial charge in [0.25, 0.3) is 0 Å². The Labute approximate surface area is 354 Å². The maximum atomic E-state index is 10.7. The van der Waals surface area contributed by atoms with Crippen LogP contribution in [0.3, 0.4) is 0 Å². The molecular formula is C54H75O3P. The lowest BCUT2D eigenvalue weighted by molar-refractivity contribution is 0.375. The molecular weight excluding hydrogens is 728 g/mol. The van der Waals surface area contributed by atoms with E-state index in [1.54, 1.807) is 0 Å². The lowest BCUT2D eigenvalue weighted by Crippen LogP contribution is -2.20. The molecule has 314 valence electrons. The second kappa shape index (κ2) is 14.7. The Bertz CT molecular complexity index is 2360. The largest absolute Gasteiger partial charge is 0.426 e. The second-order valence-corrected chi connectivity index (χ2v) is 24.9. The van der Waals surface area contributed by atoms with Crippen LogP contribution in [0.4, 0.5) is 0 Å². The molecule has 0 atom stereocenters. The fourth-order valence-electron chi connectivity index (χ4n) is 8.50. The fourth-order valence-corrected chi connectivity index (χ4v) is 8.83. The van der Waals surface area contributed by atoms with Crippen molar-refractivity contribution in [2.45, 2.75) is 183 Å². The predicted octanol–water partition coefficient (Wildman–Crippen LogP) is 16.0. The van der Waals surface area contributed by atoms with E-state index in [0.717, 1.165) is 22.3 Å². The van der Waals surface area contributed by atoms with Crippen molar-refractivity contribution in [3.05, 3.63) is 99.6 Å². The van der Waals surface area contributed by atoms with Crippen molar-refractivity contribution < 1.29 is 14.3 Å². The average molecular weight is 803 g/mol. The lowest BCUT2D eigenvalue weighted by atomic mass is 9.70. The van der Waals surface area contributed by atoms with E-state index in [1.807, 2.05) is 6.07 Å². The molecule has 0 spiro atoms. The minimum absolute atomic E-state index is 0.0149. The normalized spacial score (nSPS) is 13.9. The Kier molecular flexibility index (Phi) is 11.7. The first-order chi connectivity index (χ1) is 26.0. The van der Waals surface area contributed by atoms with Crippen molar-refractivity contribution in [2.24, 2.45) is 0 Å². The maximum absolute atomic E-state index is 10.7. The average Bonchev–Trinajstić information content (AvgIpc) is 3.02. The summed E-state index contributed by atoms with van der Waals surface area (Å²) < 4.78 is 6.19. The molecule has 0 radical (unpaired) electrons. The van der Waals surface area contributed by atoms with Crippen LogP contribution in [-0.4, -0.2) is 9.79 Å². The highest BCUT2D eigenvalue weighted by atomic mass is 31.2. The zero-order valence-corrected chi connectivity index (χ0v) is 40.9. The van der Waals surface area contributed by atoms with Gasteiger partial charge < -0.3 is 14.3 Å². The van der Waals surface area contributed by atoms with E-state index in [-0.39, 0.29) is 37.9 Å². The summed E-state index contributed by atoms with van der Waals surface area (Å²) in [5, 5.41) is 4.92. The molecule has 0 saturated carbocycles. The van der Waals surface area contributed by atoms with Gasteiger partial charge in [0.15, 0.2) is 0 Å². The Morgan fingerprint density at radius 1 is 0.362 bits per heavy atom. The van der Waals surface area contributed by atoms with Crippen molar-refractivity contribution in [3.8, 4) is 28.0 Å². The Balaban J connectivity index is 2.16. The van der Waals surface area contributed by atoms with Crippen LogP contribution < -0.4 is 4.52 Å². The molecule has 0 heterocycles. The van der Waals surface area contributed by atoms with Gasteiger partial charge in [-0.05, 0) is 145 Å². The summed E-state index contributed by atoms with van der Waals surface area (Å²) in [5.41, 5.74) is 12.0. The smallest absolute Gasteiger partial charge is 0.391 e. The number of hydrogen-bond acceptors (Lipinski definition) is 3. The third kappa shape index (κ3) is 9.23. The van der Waals surface area contributed by atoms with Crippen LogP contribution in [0, 0.1) is 0 Å². The molecule has 2 N–H and O–H groups in total. The van der Waals surface area contributed by atoms with E-state index in [1.165, 1.54) is 60.5 Å². The fraction of sp³-hybridized carbons (Fsp3) is 0.519. The summed E-state index contributed by atoms with van der Waals surface area (Å²) in [6, 6.07) is 23.5. The molecule has 3 nitrogen and oxygen atoms in total. The lowest BCUT2D eigenvalue weighted by Gasteiger charge is -2.34. The first-order valence-corrected chi connectivity index (χ1v) is 22.5. The molecule has 0 aliphatic heterocycles. The first-order valence-electron chi connectivity index (χ1n) is 21.3. The Hall–Kier alpha value is -3.23. The highest BCUT2D eigenvalue weighted by Gasteiger charge is 2.34. The minimum Gasteiger partial charge on any atom is -0.426 e. The van der Waals surface area contributed by atoms with E-state index >= 15 is 0 Å². The number of hydrogen-bond donors (Lipinski definition) is 2. The summed E-state index contributed by atoms with van der Waals surface area (Å²) in [6.07, 6.45) is 0. The van der Waals surface area contributed by atoms with Gasteiger partial charge in [-0.2, -0.15) is 0 Å². The van der Waals surface area contributed by atoms with Crippen LogP contribution >= 0.6 is 8.60 Å². The number of fused-ring (bicyclic) bond motifs is 2. The van der Waals surface area contributed by atoms with Gasteiger partial charge in [-0.15, -0.1) is 0 Å². The van der Waals surface area contributed by atoms with Gasteiger partial charge in [0.1, 0.15) is 5.75 Å². The van der Waals surface area contributed by atoms with E-state index in [4.69, 9.17) is 4.52 Å². The molecule has 0 saturated heterocycles. The monoisotopic (exact) mass is 803 g/mol. The molecule has 0 amide bonds. The molecule has 5 rings (SSSR count). The molecule has 58 heavy (non-hydrogen) atoms. The molecule has 0 aliphatic carbocycles. The van der Waals surface area contributed by atoms with Crippen molar-refractivity contribution in [1.82, 2.24) is 0 Å². The Morgan fingerprint density at radius 2 is 0.707 bits per heavy atom. The van der Waals surface area contributed by atoms with Crippen LogP contribution in [0.1, 0.15) is 184 Å². The predicted molar refractivity (Wildman–Crippen MR) is 255 cm³/mol. The third-order valence-corrected chi connectivity index (χ3v) is 12.2. The molecule has 4 heteroatoms. The SMILES string of the molecule is CC(C)(C)c1cc(C(C)(C)C)c2cc(-c3c(OP(O)O)ccc(C(C)(C)C)c3-c3cc4c(C(C)(C)C)cc(C(C)(C)C)cc4cc3C(C)(C)C)c(C(C)(C)C)cc2c1. The van der Waals surface area contributed by atoms with Crippen molar-refractivity contribution >= 4 is 30.1 Å². The van der Waals surface area contributed by atoms with E-state index < -0.39 is 8.60 Å². The van der Waals surface area contributed by atoms with Gasteiger partial charge in [-0.3, -0.25) is 0 Å². The highest BCUT2D eigenvalue weighted by molar-refractivity contribution is 7.39. The Morgan fingerprint density at radius 3 is 1.02 bits per heavy atom. The first kappa shape index (κ1) is 45.8. The van der Waals surface area contributed by atoms with Crippen molar-refractivity contribution in [2.75, 3.05) is 0 Å². The van der Waals surface area contributed by atoms with Crippen LogP contribution in [0.5, 0.6) is 5.75 Å². The quantitative estimate of drug-likeness (QED) is 0.178. The third-order valence-electron chi connectivity index (χ3n) is 11.8. The molecule has 0 aromatic heterocycles. The zero-order chi connectivity index (χ0) is 44.1. The van der Waals surface area contributed by atoms with Gasteiger partial charge in [-0.25, -0.2) is 0 Å². The molecule has 5 aromatic carbocycles. The van der Waals surface area contributed by atoms with Crippen molar-refractivity contribution in [1.29, 1.82) is 0 Å². The summed E-state index contributed by atoms with van der Waals surface area (Å²) in [5.74, 6) is 0.478. The summed E-state index contributed by atoms with van der Waals surface area (Å²) in [4.78, 5) is 21.3. The van der Waals surface area contributed by atoms with Gasteiger partial charge in [0.05, 0.1) is 0 Å². The van der Waals surface area contributed by atoms with Gasteiger partial charge in [0, 0.05) is 5.56 Å². The zero-order valence-electron chi connectivity index (χ0n) is 40.0. The van der Waals surface area contributed by atoms with Crippen LogP contribution in [-0.2, 0) is 37.9 Å². The topological polar surface area (TPSA) is 49.7 Å². The highest BCUT2D eigenvalue weighted by Crippen LogP contribution is 2.54. The number of rotatable bonds is 4. The minimum atomic E-state index is -2.71. The summed E-state index contributed by atoms with van der Waals surface area (Å²) in [6.45, 7) is 48.3. The molecule has 0 bridgehead atoms. The molecule has 5 aromatic rings. The van der Waals surface area contributed by atoms with Crippen LogP contribution in [0.2, 0.25) is 0 Å². The van der Waals surface area contributed by atoms with E-state index in [0.29, 0.717) is 5.75 Å². The maximum Gasteiger partial charge on any atom is 0.391 e. The second-order valence-electron chi connectivity index (χ2n) is 24.2. The van der Waals surface area contributed by atoms with Crippen molar-refractivity contribution in [3.63, 3.8) is 0 Å². The molecule has 0 unspecified atom stereocenters. The van der Waals surface area contributed by atoms with Crippen LogP contribution in [0.15, 0.2) is 60.7 Å². The number of benzene rings is 5. The summed E-state index contributed by atoms with van der Waals surface area (Å²) >= 11 is 0.